The molecule has 0 spiro atoms. The molecule has 0 saturated heterocycles. The molecule has 36 heavy (non-hydrogen) atoms. The fourth-order valence-corrected chi connectivity index (χ4v) is 4.01. The highest BCUT2D eigenvalue weighted by Gasteiger charge is 2.42. The Hall–Kier alpha value is -3.73. The van der Waals surface area contributed by atoms with Crippen molar-refractivity contribution < 1.29 is 19.1 Å². The first-order valence-electron chi connectivity index (χ1n) is 12.1. The molecule has 0 aliphatic rings. The summed E-state index contributed by atoms with van der Waals surface area (Å²) >= 11 is 0. The molecule has 0 saturated carbocycles. The molecule has 8 nitrogen and oxygen atoms in total. The summed E-state index contributed by atoms with van der Waals surface area (Å²) in [7, 11) is 1.36. The third kappa shape index (κ3) is 7.64. The average molecular weight is 493 g/mol. The van der Waals surface area contributed by atoms with Gasteiger partial charge >= 0.3 is 11.9 Å². The Labute approximate surface area is 213 Å². The van der Waals surface area contributed by atoms with Gasteiger partial charge in [0.25, 0.3) is 0 Å². The lowest BCUT2D eigenvalue weighted by molar-refractivity contribution is -0.161. The van der Waals surface area contributed by atoms with E-state index in [-0.39, 0.29) is 18.5 Å². The van der Waals surface area contributed by atoms with Crippen molar-refractivity contribution in [3.8, 4) is 6.07 Å². The van der Waals surface area contributed by atoms with Crippen LogP contribution in [-0.2, 0) is 19.1 Å². The summed E-state index contributed by atoms with van der Waals surface area (Å²) in [6.45, 7) is 10.9. The number of methoxy groups -OCH3 is 1. The minimum absolute atomic E-state index is 0.237. The Kier molecular flexibility index (Phi) is 10.2. The Balaban J connectivity index is 1.96. The molecule has 0 N–H and O–H groups in total. The number of carbonyl (C=O) groups is 2. The smallest absolute Gasteiger partial charge is 0.311 e. The van der Waals surface area contributed by atoms with Crippen LogP contribution in [0.15, 0.2) is 58.8 Å². The average Bonchev–Trinajstić information content (AvgIpc) is 2.89. The summed E-state index contributed by atoms with van der Waals surface area (Å²) in [5, 5.41) is 17.3. The first-order valence-corrected chi connectivity index (χ1v) is 12.1. The number of carbonyl (C=O) groups excluding carboxylic acids is 2. The minimum atomic E-state index is -0.785. The Morgan fingerprint density at radius 1 is 0.944 bits per heavy atom. The second-order valence-corrected chi connectivity index (χ2v) is 9.56. The van der Waals surface area contributed by atoms with Gasteiger partial charge in [-0.05, 0) is 89.1 Å². The molecule has 0 bridgehead atoms. The summed E-state index contributed by atoms with van der Waals surface area (Å²) in [6, 6.07) is 16.6. The fourth-order valence-electron chi connectivity index (χ4n) is 4.01. The predicted molar refractivity (Wildman–Crippen MR) is 139 cm³/mol. The van der Waals surface area contributed by atoms with Crippen molar-refractivity contribution in [1.82, 2.24) is 0 Å². The number of hydrogen-bond donors (Lipinski definition) is 0. The van der Waals surface area contributed by atoms with Crippen molar-refractivity contribution in [3.63, 3.8) is 0 Å². The first kappa shape index (κ1) is 28.5. The van der Waals surface area contributed by atoms with E-state index in [0.29, 0.717) is 36.3 Å². The van der Waals surface area contributed by atoms with E-state index in [1.807, 2.05) is 45.0 Å². The second-order valence-electron chi connectivity index (χ2n) is 9.56. The molecule has 8 heteroatoms. The topological polar surface area (TPSA) is 104 Å². The lowest BCUT2D eigenvalue weighted by Crippen LogP contribution is -2.39. The zero-order chi connectivity index (χ0) is 26.8. The number of nitriles is 1. The molecule has 0 fully saturated rings. The number of nitrogens with zero attached hydrogens (tertiary/aromatic N) is 4. The summed E-state index contributed by atoms with van der Waals surface area (Å²) in [5.41, 5.74) is 1.37. The molecular formula is C28H36N4O4. The third-order valence-corrected chi connectivity index (χ3v) is 6.31. The minimum Gasteiger partial charge on any atom is -0.469 e. The van der Waals surface area contributed by atoms with E-state index in [1.54, 1.807) is 38.1 Å². The number of likely N-dealkylation sites (N-methyl/N-ethyl adjacent to an activating group) is 1. The second kappa shape index (κ2) is 12.8. The number of anilines is 1. The molecule has 0 heterocycles. The van der Waals surface area contributed by atoms with Crippen molar-refractivity contribution >= 4 is 29.0 Å². The lowest BCUT2D eigenvalue weighted by atomic mass is 9.72. The van der Waals surface area contributed by atoms with Gasteiger partial charge in [0.05, 0.1) is 47.5 Å². The van der Waals surface area contributed by atoms with Crippen molar-refractivity contribution in [3.05, 3.63) is 54.1 Å². The number of esters is 2. The highest BCUT2D eigenvalue weighted by Crippen LogP contribution is 2.38. The van der Waals surface area contributed by atoms with Gasteiger partial charge < -0.3 is 14.4 Å². The van der Waals surface area contributed by atoms with Crippen LogP contribution in [0.25, 0.3) is 0 Å². The van der Waals surface area contributed by atoms with E-state index in [0.717, 1.165) is 12.2 Å². The Morgan fingerprint density at radius 2 is 1.50 bits per heavy atom. The van der Waals surface area contributed by atoms with Gasteiger partial charge in [0.1, 0.15) is 6.61 Å². The van der Waals surface area contributed by atoms with Gasteiger partial charge in [-0.25, -0.2) is 0 Å². The van der Waals surface area contributed by atoms with E-state index in [9.17, 15) is 9.59 Å². The zero-order valence-corrected chi connectivity index (χ0v) is 22.1. The molecule has 192 valence electrons. The van der Waals surface area contributed by atoms with E-state index < -0.39 is 10.8 Å². The molecule has 1 atom stereocenters. The quantitative estimate of drug-likeness (QED) is 0.253. The van der Waals surface area contributed by atoms with Crippen LogP contribution in [-0.4, -0.2) is 38.7 Å². The molecular weight excluding hydrogens is 456 g/mol. The lowest BCUT2D eigenvalue weighted by Gasteiger charge is -2.33. The number of azo groups is 1. The zero-order valence-electron chi connectivity index (χ0n) is 22.1. The van der Waals surface area contributed by atoms with Gasteiger partial charge in [0, 0.05) is 12.2 Å². The van der Waals surface area contributed by atoms with Crippen molar-refractivity contribution in [2.45, 2.75) is 47.5 Å². The number of benzene rings is 2. The van der Waals surface area contributed by atoms with E-state index >= 15 is 0 Å². The summed E-state index contributed by atoms with van der Waals surface area (Å²) in [6.07, 6.45) is 0.903. The summed E-state index contributed by atoms with van der Waals surface area (Å²) in [5.74, 6) is -0.649. The number of ether oxygens (including phenoxy) is 2. The molecule has 0 radical (unpaired) electrons. The molecule has 1 unspecified atom stereocenters. The summed E-state index contributed by atoms with van der Waals surface area (Å²) < 4.78 is 10.5. The summed E-state index contributed by atoms with van der Waals surface area (Å²) in [4.78, 5) is 27.1. The van der Waals surface area contributed by atoms with Crippen LogP contribution in [0.1, 0.15) is 53.0 Å². The fraction of sp³-hybridized carbons (Fsp3) is 0.464. The van der Waals surface area contributed by atoms with Gasteiger partial charge in [-0.1, -0.05) is 6.92 Å². The van der Waals surface area contributed by atoms with E-state index in [4.69, 9.17) is 14.7 Å². The van der Waals surface area contributed by atoms with Crippen LogP contribution >= 0.6 is 0 Å². The molecule has 0 amide bonds. The maximum atomic E-state index is 12.9. The Bertz CT molecular complexity index is 1090. The maximum Gasteiger partial charge on any atom is 0.311 e. The van der Waals surface area contributed by atoms with Gasteiger partial charge in [0.2, 0.25) is 0 Å². The molecule has 0 aliphatic heterocycles. The molecule has 0 aliphatic carbocycles. The van der Waals surface area contributed by atoms with Gasteiger partial charge in [-0.2, -0.15) is 15.5 Å². The van der Waals surface area contributed by atoms with E-state index in [2.05, 4.69) is 21.2 Å². The van der Waals surface area contributed by atoms with Crippen LogP contribution in [0.5, 0.6) is 0 Å². The third-order valence-electron chi connectivity index (χ3n) is 6.31. The monoisotopic (exact) mass is 492 g/mol. The number of rotatable bonds is 12. The SMILES string of the molecule is CCN(CCOC(=O)C(C)(CC)CC(C)(C)C(=O)OC)c1ccc(N=Nc2ccc(C#N)cc2)cc1. The van der Waals surface area contributed by atoms with Gasteiger partial charge in [-0.15, -0.1) is 0 Å². The molecule has 2 rings (SSSR count). The standard InChI is InChI=1S/C28H36N4O4/c1-7-28(5,20-27(3,4)25(33)35-6)26(34)36-18-17-32(8-2)24-15-13-23(14-16-24)31-30-22-11-9-21(19-29)10-12-22/h9-16H,7-8,17-18,20H2,1-6H3. The first-order chi connectivity index (χ1) is 17.1. The van der Waals surface area contributed by atoms with Crippen LogP contribution in [0.2, 0.25) is 0 Å². The van der Waals surface area contributed by atoms with Crippen molar-refractivity contribution in [2.75, 3.05) is 31.7 Å². The van der Waals surface area contributed by atoms with E-state index in [1.165, 1.54) is 7.11 Å². The molecule has 2 aromatic rings. The normalized spacial score (nSPS) is 13.0. The van der Waals surface area contributed by atoms with Gasteiger partial charge in [-0.3, -0.25) is 9.59 Å². The van der Waals surface area contributed by atoms with Crippen molar-refractivity contribution in [2.24, 2.45) is 21.1 Å². The number of hydrogen-bond acceptors (Lipinski definition) is 8. The van der Waals surface area contributed by atoms with Crippen LogP contribution in [0, 0.1) is 22.2 Å². The molecule has 2 aromatic carbocycles. The highest BCUT2D eigenvalue weighted by molar-refractivity contribution is 5.80. The van der Waals surface area contributed by atoms with Crippen LogP contribution in [0.4, 0.5) is 17.1 Å². The predicted octanol–water partition coefficient (Wildman–Crippen LogP) is 6.35. The maximum absolute atomic E-state index is 12.9. The Morgan fingerprint density at radius 3 is 1.97 bits per heavy atom. The van der Waals surface area contributed by atoms with Gasteiger partial charge in [0.15, 0.2) is 0 Å². The van der Waals surface area contributed by atoms with Crippen molar-refractivity contribution in [1.29, 1.82) is 5.26 Å². The van der Waals surface area contributed by atoms with Crippen LogP contribution < -0.4 is 4.90 Å². The van der Waals surface area contributed by atoms with Crippen LogP contribution in [0.3, 0.4) is 0 Å². The highest BCUT2D eigenvalue weighted by atomic mass is 16.5. The molecule has 0 aromatic heterocycles. The largest absolute Gasteiger partial charge is 0.469 e.